The fourth-order valence-corrected chi connectivity index (χ4v) is 1.82. The second kappa shape index (κ2) is 5.52. The molecule has 0 saturated heterocycles. The molecule has 2 heterocycles. The van der Waals surface area contributed by atoms with Crippen LogP contribution in [0.15, 0.2) is 30.7 Å². The molecule has 3 rings (SSSR count). The van der Waals surface area contributed by atoms with Crippen molar-refractivity contribution in [3.05, 3.63) is 40.8 Å². The number of urea groups is 1. The molecule has 1 aliphatic heterocycles. The minimum Gasteiger partial charge on any atom is -0.454 e. The zero-order valence-electron chi connectivity index (χ0n) is 11.0. The predicted octanol–water partition coefficient (Wildman–Crippen LogP) is 1.76. The topological polar surface area (TPSA) is 129 Å². The lowest BCUT2D eigenvalue weighted by molar-refractivity contribution is -0.384. The van der Waals surface area contributed by atoms with Crippen molar-refractivity contribution in [1.29, 1.82) is 0 Å². The van der Waals surface area contributed by atoms with Gasteiger partial charge in [0.1, 0.15) is 5.69 Å². The van der Waals surface area contributed by atoms with Crippen LogP contribution in [0.25, 0.3) is 0 Å². The van der Waals surface area contributed by atoms with Crippen molar-refractivity contribution >= 4 is 23.2 Å². The van der Waals surface area contributed by atoms with Gasteiger partial charge >= 0.3 is 6.03 Å². The van der Waals surface area contributed by atoms with Crippen molar-refractivity contribution in [2.45, 2.75) is 0 Å². The first-order valence-electron chi connectivity index (χ1n) is 6.05. The van der Waals surface area contributed by atoms with E-state index in [4.69, 9.17) is 9.47 Å². The van der Waals surface area contributed by atoms with Crippen LogP contribution in [-0.2, 0) is 0 Å². The van der Waals surface area contributed by atoms with Crippen LogP contribution in [-0.4, -0.2) is 27.7 Å². The molecule has 0 saturated carbocycles. The second-order valence-electron chi connectivity index (χ2n) is 4.15. The lowest BCUT2D eigenvalue weighted by atomic mass is 10.2. The van der Waals surface area contributed by atoms with Gasteiger partial charge in [0.2, 0.25) is 6.79 Å². The van der Waals surface area contributed by atoms with Crippen LogP contribution in [0.1, 0.15) is 0 Å². The fourth-order valence-electron chi connectivity index (χ4n) is 1.82. The van der Waals surface area contributed by atoms with Crippen LogP contribution >= 0.6 is 0 Å². The number of anilines is 2. The summed E-state index contributed by atoms with van der Waals surface area (Å²) in [4.78, 5) is 30.0. The lowest BCUT2D eigenvalue weighted by Gasteiger charge is -2.08. The summed E-state index contributed by atoms with van der Waals surface area (Å²) in [6.45, 7) is -0.0260. The highest BCUT2D eigenvalue weighted by atomic mass is 16.7. The number of amides is 2. The highest BCUT2D eigenvalue weighted by Crippen LogP contribution is 2.40. The number of benzene rings is 1. The normalized spacial score (nSPS) is 11.8. The first-order valence-corrected chi connectivity index (χ1v) is 6.05. The Bertz CT molecular complexity index is 736. The van der Waals surface area contributed by atoms with E-state index in [2.05, 4.69) is 20.6 Å². The molecule has 2 N–H and O–H groups in total. The Morgan fingerprint density at radius 3 is 2.68 bits per heavy atom. The van der Waals surface area contributed by atoms with Crippen LogP contribution < -0.4 is 20.1 Å². The van der Waals surface area contributed by atoms with Gasteiger partial charge in [0.05, 0.1) is 17.2 Å². The number of rotatable bonds is 3. The third-order valence-corrected chi connectivity index (χ3v) is 2.74. The number of aromatic nitrogens is 2. The summed E-state index contributed by atoms with van der Waals surface area (Å²) in [7, 11) is 0. The van der Waals surface area contributed by atoms with Crippen LogP contribution in [0.2, 0.25) is 0 Å². The van der Waals surface area contributed by atoms with Gasteiger partial charge in [-0.15, -0.1) is 0 Å². The maximum Gasteiger partial charge on any atom is 0.325 e. The summed E-state index contributed by atoms with van der Waals surface area (Å²) in [5, 5.41) is 15.9. The van der Waals surface area contributed by atoms with Crippen molar-refractivity contribution in [1.82, 2.24) is 9.97 Å². The highest BCUT2D eigenvalue weighted by Gasteiger charge is 2.24. The summed E-state index contributed by atoms with van der Waals surface area (Å²) in [6.07, 6.45) is 4.19. The number of ether oxygens (including phenoxy) is 2. The Balaban J connectivity index is 1.82. The summed E-state index contributed by atoms with van der Waals surface area (Å²) >= 11 is 0. The molecule has 0 atom stereocenters. The molecule has 1 aromatic heterocycles. The Morgan fingerprint density at radius 2 is 2.00 bits per heavy atom. The monoisotopic (exact) mass is 303 g/mol. The highest BCUT2D eigenvalue weighted by molar-refractivity contribution is 6.00. The van der Waals surface area contributed by atoms with E-state index in [0.717, 1.165) is 0 Å². The van der Waals surface area contributed by atoms with Gasteiger partial charge in [-0.25, -0.2) is 9.78 Å². The zero-order chi connectivity index (χ0) is 15.5. The number of nitro benzene ring substituents is 1. The number of nitrogens with zero attached hydrogens (tertiary/aromatic N) is 3. The predicted molar refractivity (Wildman–Crippen MR) is 73.9 cm³/mol. The summed E-state index contributed by atoms with van der Waals surface area (Å²) in [5.41, 5.74) is -0.325. The minimum atomic E-state index is -0.692. The van der Waals surface area contributed by atoms with Gasteiger partial charge in [-0.05, 0) is 0 Å². The molecule has 2 aromatic rings. The van der Waals surface area contributed by atoms with E-state index in [-0.39, 0.29) is 29.7 Å². The van der Waals surface area contributed by atoms with Crippen LogP contribution in [0.5, 0.6) is 11.5 Å². The van der Waals surface area contributed by atoms with Gasteiger partial charge in [-0.3, -0.25) is 20.4 Å². The van der Waals surface area contributed by atoms with Crippen molar-refractivity contribution in [3.8, 4) is 11.5 Å². The van der Waals surface area contributed by atoms with E-state index >= 15 is 0 Å². The van der Waals surface area contributed by atoms with Crippen molar-refractivity contribution in [3.63, 3.8) is 0 Å². The van der Waals surface area contributed by atoms with E-state index < -0.39 is 11.0 Å². The maximum absolute atomic E-state index is 11.9. The van der Waals surface area contributed by atoms with Crippen LogP contribution in [0, 0.1) is 10.1 Å². The van der Waals surface area contributed by atoms with Gasteiger partial charge in [0, 0.05) is 18.5 Å². The maximum atomic E-state index is 11.9. The number of hydrogen-bond acceptors (Lipinski definition) is 7. The van der Waals surface area contributed by atoms with Gasteiger partial charge in [-0.1, -0.05) is 0 Å². The van der Waals surface area contributed by atoms with E-state index in [1.54, 1.807) is 0 Å². The number of fused-ring (bicyclic) bond motifs is 1. The standard InChI is InChI=1S/C12H9N5O5/c18-12(16-11-5-13-1-2-14-11)15-7-3-9-10(22-6-21-9)4-8(7)17(19)20/h1-5H,6H2,(H2,14,15,16,18). The first kappa shape index (κ1) is 13.5. The number of carbonyl (C=O) groups is 1. The Kier molecular flexibility index (Phi) is 3.40. The molecule has 10 heteroatoms. The number of carbonyl (C=O) groups excluding carboxylic acids is 1. The second-order valence-corrected chi connectivity index (χ2v) is 4.15. The molecule has 0 aliphatic carbocycles. The molecular weight excluding hydrogens is 294 g/mol. The van der Waals surface area contributed by atoms with E-state index in [0.29, 0.717) is 5.75 Å². The van der Waals surface area contributed by atoms with Crippen LogP contribution in [0.4, 0.5) is 22.0 Å². The number of nitrogens with one attached hydrogen (secondary N) is 2. The molecule has 10 nitrogen and oxygen atoms in total. The van der Waals surface area contributed by atoms with E-state index in [9.17, 15) is 14.9 Å². The third-order valence-electron chi connectivity index (χ3n) is 2.74. The quantitative estimate of drug-likeness (QED) is 0.652. The van der Waals surface area contributed by atoms with Gasteiger partial charge in [-0.2, -0.15) is 0 Å². The number of nitro groups is 1. The first-order chi connectivity index (χ1) is 10.6. The summed E-state index contributed by atoms with van der Waals surface area (Å²) < 4.78 is 10.2. The average Bonchev–Trinajstić information content (AvgIpc) is 2.94. The zero-order valence-corrected chi connectivity index (χ0v) is 11.0. The SMILES string of the molecule is O=C(Nc1cnccn1)Nc1cc2c(cc1[N+](=O)[O-])OCO2. The molecule has 112 valence electrons. The number of hydrogen-bond donors (Lipinski definition) is 2. The molecule has 0 radical (unpaired) electrons. The molecule has 2 amide bonds. The van der Waals surface area contributed by atoms with E-state index in [1.807, 2.05) is 0 Å². The molecule has 1 aliphatic rings. The minimum absolute atomic E-state index is 0.0179. The molecular formula is C12H9N5O5. The Labute approximate surface area is 123 Å². The third kappa shape index (κ3) is 2.70. The van der Waals surface area contributed by atoms with Gasteiger partial charge < -0.3 is 14.8 Å². The van der Waals surface area contributed by atoms with Crippen LogP contribution in [0.3, 0.4) is 0 Å². The molecule has 22 heavy (non-hydrogen) atoms. The molecule has 0 spiro atoms. The fraction of sp³-hybridized carbons (Fsp3) is 0.0833. The Morgan fingerprint density at radius 1 is 1.23 bits per heavy atom. The van der Waals surface area contributed by atoms with Gasteiger partial charge in [0.15, 0.2) is 17.3 Å². The molecule has 1 aromatic carbocycles. The van der Waals surface area contributed by atoms with Crippen molar-refractivity contribution in [2.75, 3.05) is 17.4 Å². The lowest BCUT2D eigenvalue weighted by Crippen LogP contribution is -2.20. The average molecular weight is 303 g/mol. The largest absolute Gasteiger partial charge is 0.454 e. The summed E-state index contributed by atoms with van der Waals surface area (Å²) in [6, 6.07) is 1.83. The molecule has 0 bridgehead atoms. The van der Waals surface area contributed by atoms with Crippen molar-refractivity contribution in [2.24, 2.45) is 0 Å². The van der Waals surface area contributed by atoms with E-state index in [1.165, 1.54) is 30.7 Å². The van der Waals surface area contributed by atoms with Crippen molar-refractivity contribution < 1.29 is 19.2 Å². The molecule has 0 fully saturated rings. The summed E-state index contributed by atoms with van der Waals surface area (Å²) in [5.74, 6) is 0.787. The Hall–Kier alpha value is -3.43. The van der Waals surface area contributed by atoms with Gasteiger partial charge in [0.25, 0.3) is 5.69 Å². The molecule has 0 unspecified atom stereocenters. The smallest absolute Gasteiger partial charge is 0.325 e.